The summed E-state index contributed by atoms with van der Waals surface area (Å²) in [5.74, 6) is -1.79. The van der Waals surface area contributed by atoms with Gasteiger partial charge in [-0.25, -0.2) is 8.78 Å². The largest absolute Gasteiger partial charge is 0.491 e. The van der Waals surface area contributed by atoms with E-state index in [9.17, 15) is 13.9 Å². The molecule has 6 heteroatoms. The van der Waals surface area contributed by atoms with Gasteiger partial charge in [0.2, 0.25) is 0 Å². The number of piperidine rings is 1. The molecule has 1 heterocycles. The summed E-state index contributed by atoms with van der Waals surface area (Å²) >= 11 is 0. The molecule has 0 unspecified atom stereocenters. The first kappa shape index (κ1) is 21.5. The average molecular weight is 397 g/mol. The average Bonchev–Trinajstić information content (AvgIpc) is 2.69. The highest BCUT2D eigenvalue weighted by molar-refractivity contribution is 5.33. The molecule has 3 rings (SSSR count). The second kappa shape index (κ2) is 9.99. The van der Waals surface area contributed by atoms with Crippen molar-refractivity contribution in [3.05, 3.63) is 29.8 Å². The van der Waals surface area contributed by atoms with Crippen molar-refractivity contribution in [1.82, 2.24) is 9.80 Å². The molecule has 0 bridgehead atoms. The minimum atomic E-state index is -2.53. The third kappa shape index (κ3) is 6.39. The van der Waals surface area contributed by atoms with E-state index in [0.717, 1.165) is 11.3 Å². The Bertz CT molecular complexity index is 598. The van der Waals surface area contributed by atoms with Crippen molar-refractivity contribution in [1.29, 1.82) is 0 Å². The van der Waals surface area contributed by atoms with Crippen molar-refractivity contribution in [2.75, 3.05) is 33.3 Å². The summed E-state index contributed by atoms with van der Waals surface area (Å²) in [5.41, 5.74) is 0.987. The Labute approximate surface area is 167 Å². The summed E-state index contributed by atoms with van der Waals surface area (Å²) in [6.45, 7) is 2.25. The molecule has 28 heavy (non-hydrogen) atoms. The first-order valence-corrected chi connectivity index (χ1v) is 10.6. The zero-order valence-electron chi connectivity index (χ0n) is 17.0. The molecule has 1 saturated carbocycles. The molecule has 1 aromatic rings. The topological polar surface area (TPSA) is 35.9 Å². The van der Waals surface area contributed by atoms with E-state index in [1.807, 2.05) is 29.2 Å². The third-order valence-electron chi connectivity index (χ3n) is 6.08. The molecule has 1 aromatic carbocycles. The van der Waals surface area contributed by atoms with Gasteiger partial charge in [-0.3, -0.25) is 4.90 Å². The molecule has 1 atom stereocenters. The molecule has 1 aliphatic heterocycles. The van der Waals surface area contributed by atoms with E-state index in [-0.39, 0.29) is 19.4 Å². The highest BCUT2D eigenvalue weighted by Gasteiger charge is 2.34. The van der Waals surface area contributed by atoms with E-state index in [0.29, 0.717) is 32.2 Å². The van der Waals surface area contributed by atoms with Gasteiger partial charge in [0, 0.05) is 50.6 Å². The Morgan fingerprint density at radius 1 is 1.18 bits per heavy atom. The number of alkyl halides is 2. The summed E-state index contributed by atoms with van der Waals surface area (Å²) in [6, 6.07) is 8.28. The van der Waals surface area contributed by atoms with E-state index in [1.54, 1.807) is 0 Å². The number of halogens is 2. The standard InChI is InChI=1S/C22H34F2N2O2/c1-25(19-8-3-2-4-9-19)16-20(27)17-28-21-10-6-5-7-18(21)15-26-13-11-22(23,24)12-14-26/h5-7,10,19-20,27H,2-4,8-9,11-17H2,1H3/t20-/m0/s1. The smallest absolute Gasteiger partial charge is 0.250 e. The fourth-order valence-electron chi connectivity index (χ4n) is 4.30. The van der Waals surface area contributed by atoms with Crippen LogP contribution in [0.5, 0.6) is 5.75 Å². The van der Waals surface area contributed by atoms with Gasteiger partial charge in [0.1, 0.15) is 18.5 Å². The van der Waals surface area contributed by atoms with Crippen molar-refractivity contribution in [2.45, 2.75) is 69.6 Å². The number of aliphatic hydroxyl groups excluding tert-OH is 1. The lowest BCUT2D eigenvalue weighted by atomic mass is 9.94. The Hall–Kier alpha value is -1.24. The molecule has 4 nitrogen and oxygen atoms in total. The van der Waals surface area contributed by atoms with Gasteiger partial charge < -0.3 is 14.7 Å². The predicted octanol–water partition coefficient (Wildman–Crippen LogP) is 3.92. The molecule has 2 aliphatic rings. The predicted molar refractivity (Wildman–Crippen MR) is 107 cm³/mol. The van der Waals surface area contributed by atoms with Gasteiger partial charge in [0.25, 0.3) is 5.92 Å². The second-order valence-electron chi connectivity index (χ2n) is 8.44. The van der Waals surface area contributed by atoms with Gasteiger partial charge >= 0.3 is 0 Å². The Balaban J connectivity index is 1.47. The number of nitrogens with zero attached hydrogens (tertiary/aromatic N) is 2. The maximum absolute atomic E-state index is 13.4. The number of ether oxygens (including phenoxy) is 1. The van der Waals surface area contributed by atoms with Crippen LogP contribution in [-0.2, 0) is 6.54 Å². The van der Waals surface area contributed by atoms with Crippen LogP contribution in [0.4, 0.5) is 8.78 Å². The van der Waals surface area contributed by atoms with Crippen molar-refractivity contribution in [3.8, 4) is 5.75 Å². The minimum absolute atomic E-state index is 0.0811. The van der Waals surface area contributed by atoms with Crippen LogP contribution in [0.2, 0.25) is 0 Å². The van der Waals surface area contributed by atoms with Crippen LogP contribution in [0.1, 0.15) is 50.5 Å². The number of hydrogen-bond acceptors (Lipinski definition) is 4. The first-order valence-electron chi connectivity index (χ1n) is 10.6. The Morgan fingerprint density at radius 3 is 2.57 bits per heavy atom. The first-order chi connectivity index (χ1) is 13.4. The van der Waals surface area contributed by atoms with Gasteiger partial charge in [-0.2, -0.15) is 0 Å². The maximum Gasteiger partial charge on any atom is 0.250 e. The summed E-state index contributed by atoms with van der Waals surface area (Å²) in [5, 5.41) is 10.4. The fraction of sp³-hybridized carbons (Fsp3) is 0.727. The third-order valence-corrected chi connectivity index (χ3v) is 6.08. The van der Waals surface area contributed by atoms with E-state index in [2.05, 4.69) is 11.9 Å². The van der Waals surface area contributed by atoms with Crippen molar-refractivity contribution < 1.29 is 18.6 Å². The van der Waals surface area contributed by atoms with Crippen molar-refractivity contribution in [3.63, 3.8) is 0 Å². The molecule has 1 aliphatic carbocycles. The Kier molecular flexibility index (Phi) is 7.66. The van der Waals surface area contributed by atoms with E-state index >= 15 is 0 Å². The van der Waals surface area contributed by atoms with E-state index in [1.165, 1.54) is 32.1 Å². The summed E-state index contributed by atoms with van der Waals surface area (Å²) in [7, 11) is 2.08. The van der Waals surface area contributed by atoms with Crippen molar-refractivity contribution in [2.24, 2.45) is 0 Å². The maximum atomic E-state index is 13.4. The molecule has 2 fully saturated rings. The van der Waals surface area contributed by atoms with E-state index < -0.39 is 12.0 Å². The SMILES string of the molecule is CN(C[C@H](O)COc1ccccc1CN1CCC(F)(F)CC1)C1CCCCC1. The number of aliphatic hydroxyl groups is 1. The van der Waals surface area contributed by atoms with Gasteiger partial charge in [0.15, 0.2) is 0 Å². The fourth-order valence-corrected chi connectivity index (χ4v) is 4.30. The van der Waals surface area contributed by atoms with E-state index in [4.69, 9.17) is 4.74 Å². The number of hydrogen-bond donors (Lipinski definition) is 1. The molecule has 0 amide bonds. The zero-order valence-corrected chi connectivity index (χ0v) is 17.0. The lowest BCUT2D eigenvalue weighted by molar-refractivity contribution is -0.0567. The number of rotatable bonds is 8. The van der Waals surface area contributed by atoms with Crippen LogP contribution in [0, 0.1) is 0 Å². The highest BCUT2D eigenvalue weighted by atomic mass is 19.3. The van der Waals surface area contributed by atoms with Gasteiger partial charge in [0.05, 0.1) is 0 Å². The normalized spacial score (nSPS) is 22.3. The summed E-state index contributed by atoms with van der Waals surface area (Å²) in [4.78, 5) is 4.31. The second-order valence-corrected chi connectivity index (χ2v) is 8.44. The minimum Gasteiger partial charge on any atom is -0.491 e. The summed E-state index contributed by atoms with van der Waals surface area (Å²) < 4.78 is 32.6. The van der Waals surface area contributed by atoms with Gasteiger partial charge in [-0.15, -0.1) is 0 Å². The molecule has 1 N–H and O–H groups in total. The van der Waals surface area contributed by atoms with Crippen LogP contribution < -0.4 is 4.74 Å². The lowest BCUT2D eigenvalue weighted by Gasteiger charge is -2.33. The van der Waals surface area contributed by atoms with Crippen LogP contribution in [-0.4, -0.2) is 66.3 Å². The molecular formula is C22H34F2N2O2. The zero-order chi connectivity index (χ0) is 20.0. The number of benzene rings is 1. The quantitative estimate of drug-likeness (QED) is 0.723. The van der Waals surface area contributed by atoms with Gasteiger partial charge in [-0.05, 0) is 26.0 Å². The van der Waals surface area contributed by atoms with Crippen LogP contribution in [0.3, 0.4) is 0 Å². The van der Waals surface area contributed by atoms with Crippen molar-refractivity contribution >= 4 is 0 Å². The van der Waals surface area contributed by atoms with Crippen LogP contribution in [0.15, 0.2) is 24.3 Å². The van der Waals surface area contributed by atoms with Crippen LogP contribution >= 0.6 is 0 Å². The molecule has 0 aromatic heterocycles. The lowest BCUT2D eigenvalue weighted by Crippen LogP contribution is -2.40. The number of likely N-dealkylation sites (N-methyl/N-ethyl adjacent to an activating group) is 1. The summed E-state index contributed by atoms with van der Waals surface area (Å²) in [6.07, 6.45) is 5.58. The Morgan fingerprint density at radius 2 is 1.86 bits per heavy atom. The highest BCUT2D eigenvalue weighted by Crippen LogP contribution is 2.29. The monoisotopic (exact) mass is 396 g/mol. The molecule has 1 saturated heterocycles. The molecule has 0 radical (unpaired) electrons. The number of para-hydroxylation sites is 1. The van der Waals surface area contributed by atoms with Crippen LogP contribution in [0.25, 0.3) is 0 Å². The number of likely N-dealkylation sites (tertiary alicyclic amines) is 1. The molecule has 0 spiro atoms. The van der Waals surface area contributed by atoms with Gasteiger partial charge in [-0.1, -0.05) is 37.5 Å². The molecule has 158 valence electrons. The molecular weight excluding hydrogens is 362 g/mol.